The van der Waals surface area contributed by atoms with Crippen molar-refractivity contribution in [3.63, 3.8) is 0 Å². The highest BCUT2D eigenvalue weighted by Gasteiger charge is 2.41. The van der Waals surface area contributed by atoms with Gasteiger partial charge in [-0.05, 0) is 29.8 Å². The lowest BCUT2D eigenvalue weighted by Crippen LogP contribution is -2.35. The molecule has 3 aromatic rings. The third kappa shape index (κ3) is 2.93. The summed E-state index contributed by atoms with van der Waals surface area (Å²) in [6, 6.07) is 16.2. The number of amides is 1. The van der Waals surface area contributed by atoms with Crippen molar-refractivity contribution < 1.29 is 14.3 Å². The number of benzene rings is 2. The van der Waals surface area contributed by atoms with E-state index in [1.165, 1.54) is 18.9 Å². The van der Waals surface area contributed by atoms with Crippen LogP contribution in [0.25, 0.3) is 5.69 Å². The Labute approximate surface area is 166 Å². The Kier molecular flexibility index (Phi) is 4.56. The average Bonchev–Trinajstić information content (AvgIpc) is 3.08. The van der Waals surface area contributed by atoms with Gasteiger partial charge in [0.15, 0.2) is 11.5 Å². The van der Waals surface area contributed by atoms with E-state index < -0.39 is 17.7 Å². The molecule has 2 aromatic carbocycles. The summed E-state index contributed by atoms with van der Waals surface area (Å²) >= 11 is 0. The molecule has 1 aliphatic rings. The summed E-state index contributed by atoms with van der Waals surface area (Å²) in [4.78, 5) is 25.8. The smallest absolute Gasteiger partial charge is 0.277 e. The summed E-state index contributed by atoms with van der Waals surface area (Å²) in [7, 11) is 3.02. The first-order valence-electron chi connectivity index (χ1n) is 8.91. The number of para-hydroxylation sites is 1. The zero-order valence-corrected chi connectivity index (χ0v) is 15.8. The van der Waals surface area contributed by atoms with Gasteiger partial charge in [-0.1, -0.05) is 24.3 Å². The Morgan fingerprint density at radius 1 is 1.03 bits per heavy atom. The van der Waals surface area contributed by atoms with E-state index in [9.17, 15) is 14.9 Å². The van der Waals surface area contributed by atoms with E-state index in [1.54, 1.807) is 30.3 Å². The number of aromatic amines is 1. The molecule has 0 unspecified atom stereocenters. The number of nitriles is 1. The average molecular weight is 390 g/mol. The van der Waals surface area contributed by atoms with E-state index in [-0.39, 0.29) is 11.4 Å². The van der Waals surface area contributed by atoms with Crippen LogP contribution >= 0.6 is 0 Å². The highest BCUT2D eigenvalue weighted by Crippen LogP contribution is 2.41. The second-order valence-electron chi connectivity index (χ2n) is 6.56. The van der Waals surface area contributed by atoms with Crippen LogP contribution in [0.1, 0.15) is 17.0 Å². The molecule has 1 aliphatic heterocycles. The van der Waals surface area contributed by atoms with Gasteiger partial charge in [0.25, 0.3) is 5.56 Å². The van der Waals surface area contributed by atoms with Gasteiger partial charge in [-0.3, -0.25) is 14.7 Å². The maximum Gasteiger partial charge on any atom is 0.277 e. The second-order valence-corrected chi connectivity index (χ2v) is 6.56. The van der Waals surface area contributed by atoms with Gasteiger partial charge in [-0.2, -0.15) is 5.26 Å². The fourth-order valence-corrected chi connectivity index (χ4v) is 3.65. The van der Waals surface area contributed by atoms with Gasteiger partial charge in [-0.15, -0.1) is 0 Å². The van der Waals surface area contributed by atoms with Crippen LogP contribution in [0.15, 0.2) is 53.3 Å². The molecule has 4 rings (SSSR count). The molecule has 0 saturated carbocycles. The Hall–Kier alpha value is -3.99. The third-order valence-corrected chi connectivity index (χ3v) is 5.02. The number of fused-ring (bicyclic) bond motifs is 1. The molecular weight excluding hydrogens is 372 g/mol. The number of methoxy groups -OCH3 is 2. The first-order valence-corrected chi connectivity index (χ1v) is 8.91. The van der Waals surface area contributed by atoms with Crippen molar-refractivity contribution in [2.75, 3.05) is 19.5 Å². The van der Waals surface area contributed by atoms with Crippen LogP contribution in [-0.2, 0) is 4.79 Å². The van der Waals surface area contributed by atoms with Gasteiger partial charge in [0, 0.05) is 5.92 Å². The summed E-state index contributed by atoms with van der Waals surface area (Å²) in [5.74, 6) is -1.03. The van der Waals surface area contributed by atoms with Crippen LogP contribution < -0.4 is 20.3 Å². The number of rotatable bonds is 4. The number of aromatic nitrogens is 2. The van der Waals surface area contributed by atoms with Gasteiger partial charge in [0.05, 0.1) is 31.5 Å². The molecule has 2 N–H and O–H groups in total. The predicted octanol–water partition coefficient (Wildman–Crippen LogP) is 2.41. The van der Waals surface area contributed by atoms with Crippen LogP contribution in [0, 0.1) is 17.2 Å². The van der Waals surface area contributed by atoms with E-state index in [4.69, 9.17) is 9.47 Å². The number of carbonyl (C=O) groups excluding carboxylic acids is 1. The molecule has 1 amide bonds. The summed E-state index contributed by atoms with van der Waals surface area (Å²) in [5, 5.41) is 15.3. The molecule has 2 atom stereocenters. The minimum atomic E-state index is -1.06. The number of anilines is 1. The predicted molar refractivity (Wildman–Crippen MR) is 106 cm³/mol. The van der Waals surface area contributed by atoms with Crippen molar-refractivity contribution in [2.24, 2.45) is 5.92 Å². The number of hydrogen-bond donors (Lipinski definition) is 2. The van der Waals surface area contributed by atoms with E-state index >= 15 is 0 Å². The minimum Gasteiger partial charge on any atom is -0.493 e. The topological polar surface area (TPSA) is 109 Å². The number of H-pyrrole nitrogens is 1. The minimum absolute atomic E-state index is 0.287. The fourth-order valence-electron chi connectivity index (χ4n) is 3.65. The van der Waals surface area contributed by atoms with E-state index in [1.807, 2.05) is 24.3 Å². The van der Waals surface area contributed by atoms with E-state index in [2.05, 4.69) is 10.4 Å². The highest BCUT2D eigenvalue weighted by atomic mass is 16.5. The van der Waals surface area contributed by atoms with Gasteiger partial charge < -0.3 is 14.8 Å². The SMILES string of the molecule is COc1ccc([C@@H]2c3c([nH]n(-c4ccccc4)c3=O)NC(=O)[C@@H]2C#N)cc1OC. The first kappa shape index (κ1) is 18.4. The second kappa shape index (κ2) is 7.20. The van der Waals surface area contributed by atoms with Gasteiger partial charge in [0.2, 0.25) is 5.91 Å². The van der Waals surface area contributed by atoms with Crippen LogP contribution in [0.2, 0.25) is 0 Å². The molecule has 0 radical (unpaired) electrons. The monoisotopic (exact) mass is 390 g/mol. The lowest BCUT2D eigenvalue weighted by atomic mass is 9.79. The summed E-state index contributed by atoms with van der Waals surface area (Å²) in [5.41, 5.74) is 1.24. The maximum absolute atomic E-state index is 13.3. The van der Waals surface area contributed by atoms with Crippen molar-refractivity contribution in [3.05, 3.63) is 70.0 Å². The Bertz CT molecular complexity index is 1170. The summed E-state index contributed by atoms with van der Waals surface area (Å²) in [6.07, 6.45) is 0. The van der Waals surface area contributed by atoms with E-state index in [0.717, 1.165) is 0 Å². The number of carbonyl (C=O) groups is 1. The van der Waals surface area contributed by atoms with Gasteiger partial charge >= 0.3 is 0 Å². The Morgan fingerprint density at radius 3 is 2.41 bits per heavy atom. The van der Waals surface area contributed by atoms with Crippen molar-refractivity contribution in [3.8, 4) is 23.3 Å². The van der Waals surface area contributed by atoms with Gasteiger partial charge in [0.1, 0.15) is 11.7 Å². The van der Waals surface area contributed by atoms with Crippen molar-refractivity contribution >= 4 is 11.7 Å². The normalized spacial score (nSPS) is 17.8. The molecule has 0 spiro atoms. The quantitative estimate of drug-likeness (QED) is 0.711. The Morgan fingerprint density at radius 2 is 1.76 bits per heavy atom. The molecule has 0 aliphatic carbocycles. The summed E-state index contributed by atoms with van der Waals surface area (Å²) in [6.45, 7) is 0. The molecule has 0 fully saturated rings. The molecule has 146 valence electrons. The van der Waals surface area contributed by atoms with E-state index in [0.29, 0.717) is 28.3 Å². The third-order valence-electron chi connectivity index (χ3n) is 5.02. The molecular formula is C21H18N4O4. The van der Waals surface area contributed by atoms with Crippen molar-refractivity contribution in [1.29, 1.82) is 5.26 Å². The fraction of sp³-hybridized carbons (Fsp3) is 0.190. The Balaban J connectivity index is 1.93. The van der Waals surface area contributed by atoms with Crippen LogP contribution in [0.3, 0.4) is 0 Å². The number of nitrogens with zero attached hydrogens (tertiary/aromatic N) is 2. The molecule has 0 bridgehead atoms. The molecule has 0 saturated heterocycles. The van der Waals surface area contributed by atoms with Crippen LogP contribution in [-0.4, -0.2) is 29.9 Å². The number of nitrogens with one attached hydrogen (secondary N) is 2. The zero-order chi connectivity index (χ0) is 20.5. The van der Waals surface area contributed by atoms with Crippen molar-refractivity contribution in [1.82, 2.24) is 9.78 Å². The first-order chi connectivity index (χ1) is 14.1. The van der Waals surface area contributed by atoms with Crippen molar-refractivity contribution in [2.45, 2.75) is 5.92 Å². The molecule has 1 aromatic heterocycles. The number of hydrogen-bond acceptors (Lipinski definition) is 5. The zero-order valence-electron chi connectivity index (χ0n) is 15.8. The lowest BCUT2D eigenvalue weighted by molar-refractivity contribution is -0.119. The van der Waals surface area contributed by atoms with Gasteiger partial charge in [-0.25, -0.2) is 4.68 Å². The van der Waals surface area contributed by atoms with Crippen LogP contribution in [0.4, 0.5) is 5.82 Å². The standard InChI is InChI=1S/C21H18N4O4/c1-28-15-9-8-12(10-16(15)29-2)17-14(11-22)20(26)23-19-18(17)21(27)25(24-19)13-6-4-3-5-7-13/h3-10,14,17,24H,1-2H3,(H,23,26)/t14-,17+/m1/s1. The lowest BCUT2D eigenvalue weighted by Gasteiger charge is -2.26. The maximum atomic E-state index is 13.3. The highest BCUT2D eigenvalue weighted by molar-refractivity contribution is 5.97. The molecule has 29 heavy (non-hydrogen) atoms. The molecule has 2 heterocycles. The number of ether oxygens (including phenoxy) is 2. The molecule has 8 nitrogen and oxygen atoms in total. The molecule has 8 heteroatoms. The van der Waals surface area contributed by atoms with Crippen LogP contribution in [0.5, 0.6) is 11.5 Å². The summed E-state index contributed by atoms with van der Waals surface area (Å²) < 4.78 is 12.0. The largest absolute Gasteiger partial charge is 0.493 e.